The maximum atomic E-state index is 12.0. The molecule has 0 spiro atoms. The number of nitrogens with zero attached hydrogens (tertiary/aromatic N) is 2. The lowest BCUT2D eigenvalue weighted by Gasteiger charge is -2.06. The van der Waals surface area contributed by atoms with Crippen LogP contribution in [0.4, 0.5) is 5.82 Å². The summed E-state index contributed by atoms with van der Waals surface area (Å²) in [6, 6.07) is 17.6. The van der Waals surface area contributed by atoms with Crippen molar-refractivity contribution in [3.63, 3.8) is 0 Å². The van der Waals surface area contributed by atoms with E-state index in [0.29, 0.717) is 5.82 Å². The maximum absolute atomic E-state index is 12.0. The van der Waals surface area contributed by atoms with Gasteiger partial charge >= 0.3 is 0 Å². The van der Waals surface area contributed by atoms with E-state index in [1.54, 1.807) is 12.4 Å². The van der Waals surface area contributed by atoms with Crippen molar-refractivity contribution in [1.82, 2.24) is 9.97 Å². The SMILES string of the molecule is Cc1ccc(CC(=O)Nc2ccc(-c3ccccc3)cn2)cn1. The molecular weight excluding hydrogens is 286 g/mol. The van der Waals surface area contributed by atoms with Gasteiger partial charge in [0, 0.05) is 23.7 Å². The average molecular weight is 303 g/mol. The Morgan fingerprint density at radius 2 is 1.74 bits per heavy atom. The molecule has 0 aliphatic heterocycles. The van der Waals surface area contributed by atoms with Crippen LogP contribution in [0.25, 0.3) is 11.1 Å². The Morgan fingerprint density at radius 1 is 0.913 bits per heavy atom. The number of carbonyl (C=O) groups excluding carboxylic acids is 1. The summed E-state index contributed by atoms with van der Waals surface area (Å²) in [5, 5.41) is 2.81. The number of anilines is 1. The second-order valence-electron chi connectivity index (χ2n) is 5.33. The van der Waals surface area contributed by atoms with Crippen molar-refractivity contribution in [3.05, 3.63) is 78.2 Å². The van der Waals surface area contributed by atoms with Crippen LogP contribution in [-0.4, -0.2) is 15.9 Å². The fourth-order valence-corrected chi connectivity index (χ4v) is 2.24. The third-order valence-corrected chi connectivity index (χ3v) is 3.48. The Bertz CT molecular complexity index is 781. The minimum Gasteiger partial charge on any atom is -0.310 e. The number of nitrogens with one attached hydrogen (secondary N) is 1. The number of benzene rings is 1. The molecule has 3 aromatic rings. The third-order valence-electron chi connectivity index (χ3n) is 3.48. The molecule has 0 aliphatic rings. The predicted octanol–water partition coefficient (Wildman–Crippen LogP) is 3.63. The first-order chi connectivity index (χ1) is 11.2. The highest BCUT2D eigenvalue weighted by Crippen LogP contribution is 2.19. The molecule has 1 amide bonds. The van der Waals surface area contributed by atoms with Crippen LogP contribution in [0.2, 0.25) is 0 Å². The second kappa shape index (κ2) is 6.83. The van der Waals surface area contributed by atoms with Crippen LogP contribution in [0, 0.1) is 6.92 Å². The Hall–Kier alpha value is -3.01. The van der Waals surface area contributed by atoms with Crippen molar-refractivity contribution in [2.45, 2.75) is 13.3 Å². The standard InChI is InChI=1S/C19H17N3O/c1-14-7-8-15(12-20-14)11-19(23)22-18-10-9-17(13-21-18)16-5-3-2-4-6-16/h2-10,12-13H,11H2,1H3,(H,21,22,23). The number of aromatic nitrogens is 2. The lowest BCUT2D eigenvalue weighted by molar-refractivity contribution is -0.115. The molecule has 0 bridgehead atoms. The number of pyridine rings is 2. The molecule has 1 N–H and O–H groups in total. The normalized spacial score (nSPS) is 10.3. The summed E-state index contributed by atoms with van der Waals surface area (Å²) in [7, 11) is 0. The van der Waals surface area contributed by atoms with Crippen LogP contribution < -0.4 is 5.32 Å². The number of hydrogen-bond donors (Lipinski definition) is 1. The van der Waals surface area contributed by atoms with Crippen molar-refractivity contribution in [2.24, 2.45) is 0 Å². The van der Waals surface area contributed by atoms with Gasteiger partial charge in [0.05, 0.1) is 6.42 Å². The number of aryl methyl sites for hydroxylation is 1. The second-order valence-corrected chi connectivity index (χ2v) is 5.33. The van der Waals surface area contributed by atoms with Crippen molar-refractivity contribution in [1.29, 1.82) is 0 Å². The van der Waals surface area contributed by atoms with Gasteiger partial charge in [-0.1, -0.05) is 36.4 Å². The summed E-state index contributed by atoms with van der Waals surface area (Å²) in [5.41, 5.74) is 3.94. The van der Waals surface area contributed by atoms with E-state index >= 15 is 0 Å². The van der Waals surface area contributed by atoms with Crippen LogP contribution in [0.5, 0.6) is 0 Å². The molecule has 23 heavy (non-hydrogen) atoms. The quantitative estimate of drug-likeness (QED) is 0.800. The van der Waals surface area contributed by atoms with E-state index in [4.69, 9.17) is 0 Å². The number of carbonyl (C=O) groups is 1. The zero-order valence-electron chi connectivity index (χ0n) is 12.9. The van der Waals surface area contributed by atoms with Gasteiger partial charge in [-0.05, 0) is 36.2 Å². The van der Waals surface area contributed by atoms with Crippen LogP contribution in [0.15, 0.2) is 67.0 Å². The highest BCUT2D eigenvalue weighted by atomic mass is 16.1. The van der Waals surface area contributed by atoms with E-state index in [1.807, 2.05) is 61.5 Å². The first kappa shape index (κ1) is 14.9. The Kier molecular flexibility index (Phi) is 4.43. The van der Waals surface area contributed by atoms with Gasteiger partial charge in [0.2, 0.25) is 5.91 Å². The van der Waals surface area contributed by atoms with E-state index in [-0.39, 0.29) is 12.3 Å². The molecule has 0 fully saturated rings. The molecule has 0 unspecified atom stereocenters. The van der Waals surface area contributed by atoms with E-state index in [1.165, 1.54) is 0 Å². The number of hydrogen-bond acceptors (Lipinski definition) is 3. The minimum absolute atomic E-state index is 0.101. The molecule has 4 heteroatoms. The summed E-state index contributed by atoms with van der Waals surface area (Å²) in [5.74, 6) is 0.449. The molecule has 2 heterocycles. The summed E-state index contributed by atoms with van der Waals surface area (Å²) in [4.78, 5) is 20.5. The van der Waals surface area contributed by atoms with E-state index in [2.05, 4.69) is 15.3 Å². The van der Waals surface area contributed by atoms with Crippen molar-refractivity contribution >= 4 is 11.7 Å². The molecule has 3 rings (SSSR count). The highest BCUT2D eigenvalue weighted by molar-refractivity contribution is 5.91. The summed E-state index contributed by atoms with van der Waals surface area (Å²) in [6.45, 7) is 1.92. The smallest absolute Gasteiger partial charge is 0.230 e. The predicted molar refractivity (Wildman–Crippen MR) is 91.0 cm³/mol. The van der Waals surface area contributed by atoms with Crippen molar-refractivity contribution in [3.8, 4) is 11.1 Å². The summed E-state index contributed by atoms with van der Waals surface area (Å²) in [6.07, 6.45) is 3.77. The molecular formula is C19H17N3O. The highest BCUT2D eigenvalue weighted by Gasteiger charge is 2.06. The zero-order valence-corrected chi connectivity index (χ0v) is 12.9. The zero-order chi connectivity index (χ0) is 16.1. The topological polar surface area (TPSA) is 54.9 Å². The van der Waals surface area contributed by atoms with Gasteiger partial charge in [-0.2, -0.15) is 0 Å². The lowest BCUT2D eigenvalue weighted by Crippen LogP contribution is -2.15. The van der Waals surface area contributed by atoms with E-state index in [9.17, 15) is 4.79 Å². The summed E-state index contributed by atoms with van der Waals surface area (Å²) < 4.78 is 0. The summed E-state index contributed by atoms with van der Waals surface area (Å²) >= 11 is 0. The van der Waals surface area contributed by atoms with Gasteiger partial charge < -0.3 is 5.32 Å². The largest absolute Gasteiger partial charge is 0.310 e. The fourth-order valence-electron chi connectivity index (χ4n) is 2.24. The Balaban J connectivity index is 1.64. The molecule has 0 radical (unpaired) electrons. The molecule has 114 valence electrons. The van der Waals surface area contributed by atoms with Crippen molar-refractivity contribution < 1.29 is 4.79 Å². The fraction of sp³-hybridized carbons (Fsp3) is 0.105. The molecule has 0 atom stereocenters. The van der Waals surface area contributed by atoms with Crippen LogP contribution in [0.1, 0.15) is 11.3 Å². The third kappa shape index (κ3) is 4.01. The average Bonchev–Trinajstić information content (AvgIpc) is 2.58. The Labute approximate surface area is 135 Å². The van der Waals surface area contributed by atoms with Crippen LogP contribution >= 0.6 is 0 Å². The molecule has 1 aromatic carbocycles. The van der Waals surface area contributed by atoms with Gasteiger partial charge in [-0.3, -0.25) is 9.78 Å². The maximum Gasteiger partial charge on any atom is 0.230 e. The molecule has 0 saturated carbocycles. The monoisotopic (exact) mass is 303 g/mol. The Morgan fingerprint density at radius 3 is 2.39 bits per heavy atom. The van der Waals surface area contributed by atoms with Crippen molar-refractivity contribution in [2.75, 3.05) is 5.32 Å². The lowest BCUT2D eigenvalue weighted by atomic mass is 10.1. The van der Waals surface area contributed by atoms with Crippen LogP contribution in [0.3, 0.4) is 0 Å². The molecule has 0 aliphatic carbocycles. The van der Waals surface area contributed by atoms with Crippen LogP contribution in [-0.2, 0) is 11.2 Å². The first-order valence-electron chi connectivity index (χ1n) is 7.43. The van der Waals surface area contributed by atoms with E-state index < -0.39 is 0 Å². The first-order valence-corrected chi connectivity index (χ1v) is 7.43. The van der Waals surface area contributed by atoms with Gasteiger partial charge in [-0.25, -0.2) is 4.98 Å². The molecule has 2 aromatic heterocycles. The number of amides is 1. The van der Waals surface area contributed by atoms with Gasteiger partial charge in [0.1, 0.15) is 5.82 Å². The number of rotatable bonds is 4. The van der Waals surface area contributed by atoms with Gasteiger partial charge in [0.25, 0.3) is 0 Å². The van der Waals surface area contributed by atoms with Gasteiger partial charge in [-0.15, -0.1) is 0 Å². The molecule has 4 nitrogen and oxygen atoms in total. The van der Waals surface area contributed by atoms with E-state index in [0.717, 1.165) is 22.4 Å². The van der Waals surface area contributed by atoms with Gasteiger partial charge in [0.15, 0.2) is 0 Å². The minimum atomic E-state index is -0.101. The molecule has 0 saturated heterocycles.